The third kappa shape index (κ3) is 4.71. The molecule has 0 unspecified atom stereocenters. The van der Waals surface area contributed by atoms with Crippen LogP contribution in [0.25, 0.3) is 0 Å². The van der Waals surface area contributed by atoms with Gasteiger partial charge in [-0.05, 0) is 67.4 Å². The molecule has 27 heavy (non-hydrogen) atoms. The molecule has 136 valence electrons. The van der Waals surface area contributed by atoms with Crippen molar-refractivity contribution >= 4 is 34.8 Å². The van der Waals surface area contributed by atoms with Crippen molar-refractivity contribution in [3.63, 3.8) is 0 Å². The van der Waals surface area contributed by atoms with Gasteiger partial charge in [0.15, 0.2) is 0 Å². The zero-order valence-corrected chi connectivity index (χ0v) is 15.7. The molecule has 0 spiro atoms. The van der Waals surface area contributed by atoms with Crippen LogP contribution in [0, 0.1) is 13.8 Å². The van der Waals surface area contributed by atoms with E-state index in [0.717, 1.165) is 11.1 Å². The Hall–Kier alpha value is -3.18. The topological polar surface area (TPSA) is 71.1 Å². The number of anilines is 2. The highest BCUT2D eigenvalue weighted by Gasteiger charge is 2.13. The van der Waals surface area contributed by atoms with Crippen LogP contribution in [-0.2, 0) is 0 Å². The second-order valence-corrected chi connectivity index (χ2v) is 6.63. The van der Waals surface area contributed by atoms with Crippen LogP contribution in [0.5, 0.6) is 0 Å². The van der Waals surface area contributed by atoms with Gasteiger partial charge in [0, 0.05) is 23.6 Å². The Morgan fingerprint density at radius 1 is 0.889 bits per heavy atom. The highest BCUT2D eigenvalue weighted by molar-refractivity contribution is 6.34. The molecule has 2 N–H and O–H groups in total. The number of aromatic nitrogens is 1. The van der Waals surface area contributed by atoms with Gasteiger partial charge in [0.1, 0.15) is 0 Å². The van der Waals surface area contributed by atoms with E-state index in [1.54, 1.807) is 36.5 Å². The predicted molar refractivity (Wildman–Crippen MR) is 108 cm³/mol. The van der Waals surface area contributed by atoms with Gasteiger partial charge in [-0.25, -0.2) is 0 Å². The van der Waals surface area contributed by atoms with E-state index < -0.39 is 0 Å². The fourth-order valence-corrected chi connectivity index (χ4v) is 2.87. The minimum Gasteiger partial charge on any atom is -0.322 e. The van der Waals surface area contributed by atoms with E-state index in [9.17, 15) is 9.59 Å². The summed E-state index contributed by atoms with van der Waals surface area (Å²) in [6.45, 7) is 3.94. The van der Waals surface area contributed by atoms with Gasteiger partial charge < -0.3 is 10.6 Å². The van der Waals surface area contributed by atoms with E-state index in [1.165, 1.54) is 6.20 Å². The number of rotatable bonds is 4. The molecule has 0 aliphatic heterocycles. The summed E-state index contributed by atoms with van der Waals surface area (Å²) in [5.74, 6) is -0.634. The average Bonchev–Trinajstić information content (AvgIpc) is 2.63. The molecule has 0 saturated carbocycles. The highest BCUT2D eigenvalue weighted by atomic mass is 35.5. The summed E-state index contributed by atoms with van der Waals surface area (Å²) in [6, 6.07) is 13.9. The lowest BCUT2D eigenvalue weighted by molar-refractivity contribution is 0.101. The van der Waals surface area contributed by atoms with Crippen molar-refractivity contribution in [3.05, 3.63) is 88.2 Å². The van der Waals surface area contributed by atoms with Gasteiger partial charge in [-0.2, -0.15) is 0 Å². The van der Waals surface area contributed by atoms with Crippen molar-refractivity contribution in [1.29, 1.82) is 0 Å². The second kappa shape index (κ2) is 8.01. The van der Waals surface area contributed by atoms with Crippen LogP contribution < -0.4 is 10.6 Å². The monoisotopic (exact) mass is 379 g/mol. The summed E-state index contributed by atoms with van der Waals surface area (Å²) in [7, 11) is 0. The minimum absolute atomic E-state index is 0.284. The Kier molecular flexibility index (Phi) is 5.52. The molecule has 3 rings (SSSR count). The molecular formula is C21H18ClN3O2. The Balaban J connectivity index is 1.80. The van der Waals surface area contributed by atoms with Crippen molar-refractivity contribution in [2.45, 2.75) is 13.8 Å². The number of nitrogens with zero attached hydrogens (tertiary/aromatic N) is 1. The maximum atomic E-state index is 12.6. The molecule has 0 aliphatic carbocycles. The van der Waals surface area contributed by atoms with Crippen LogP contribution in [0.2, 0.25) is 5.02 Å². The van der Waals surface area contributed by atoms with Gasteiger partial charge in [0.2, 0.25) is 0 Å². The van der Waals surface area contributed by atoms with Crippen LogP contribution in [-0.4, -0.2) is 16.8 Å². The molecule has 3 aromatic rings. The number of nitrogens with one attached hydrogen (secondary N) is 2. The first-order valence-corrected chi connectivity index (χ1v) is 8.71. The molecule has 0 saturated heterocycles. The lowest BCUT2D eigenvalue weighted by Gasteiger charge is -2.11. The molecule has 0 fully saturated rings. The van der Waals surface area contributed by atoms with Gasteiger partial charge in [-0.1, -0.05) is 17.7 Å². The van der Waals surface area contributed by atoms with Crippen LogP contribution in [0.3, 0.4) is 0 Å². The number of hydrogen-bond donors (Lipinski definition) is 2. The van der Waals surface area contributed by atoms with E-state index in [1.807, 2.05) is 32.0 Å². The average molecular weight is 380 g/mol. The van der Waals surface area contributed by atoms with Gasteiger partial charge in [0.05, 0.1) is 16.3 Å². The number of amides is 2. The van der Waals surface area contributed by atoms with Gasteiger partial charge in [-0.3, -0.25) is 14.6 Å². The quantitative estimate of drug-likeness (QED) is 0.680. The molecule has 5 nitrogen and oxygen atoms in total. The molecule has 1 heterocycles. The van der Waals surface area contributed by atoms with Crippen LogP contribution in [0.1, 0.15) is 31.8 Å². The smallest absolute Gasteiger partial charge is 0.257 e. The zero-order valence-electron chi connectivity index (χ0n) is 14.9. The van der Waals surface area contributed by atoms with Crippen LogP contribution in [0.4, 0.5) is 11.4 Å². The molecule has 1 aromatic heterocycles. The van der Waals surface area contributed by atoms with Crippen LogP contribution in [0.15, 0.2) is 60.9 Å². The summed E-state index contributed by atoms with van der Waals surface area (Å²) in [5, 5.41) is 5.92. The first-order valence-electron chi connectivity index (χ1n) is 8.33. The van der Waals surface area contributed by atoms with Crippen LogP contribution >= 0.6 is 11.6 Å². The molecule has 0 radical (unpaired) electrons. The summed E-state index contributed by atoms with van der Waals surface area (Å²) in [6.07, 6.45) is 3.04. The van der Waals surface area contributed by atoms with Crippen molar-refractivity contribution in [3.8, 4) is 0 Å². The Morgan fingerprint density at radius 2 is 1.59 bits per heavy atom. The number of benzene rings is 2. The fourth-order valence-electron chi connectivity index (χ4n) is 2.70. The van der Waals surface area contributed by atoms with E-state index in [0.29, 0.717) is 27.5 Å². The number of halogens is 1. The summed E-state index contributed by atoms with van der Waals surface area (Å²) in [4.78, 5) is 28.8. The Labute approximate surface area is 162 Å². The first kappa shape index (κ1) is 18.6. The molecule has 2 aromatic carbocycles. The van der Waals surface area contributed by atoms with Crippen molar-refractivity contribution in [1.82, 2.24) is 4.98 Å². The Bertz CT molecular complexity index is 983. The fraction of sp³-hybridized carbons (Fsp3) is 0.0952. The zero-order chi connectivity index (χ0) is 19.4. The minimum atomic E-state index is -0.350. The third-order valence-electron chi connectivity index (χ3n) is 3.88. The second-order valence-electron chi connectivity index (χ2n) is 6.22. The van der Waals surface area contributed by atoms with Crippen molar-refractivity contribution in [2.24, 2.45) is 0 Å². The molecule has 0 atom stereocenters. The van der Waals surface area contributed by atoms with E-state index in [-0.39, 0.29) is 11.8 Å². The number of carbonyl (C=O) groups is 2. The number of hydrogen-bond acceptors (Lipinski definition) is 3. The maximum Gasteiger partial charge on any atom is 0.257 e. The molecule has 6 heteroatoms. The summed E-state index contributed by atoms with van der Waals surface area (Å²) >= 11 is 6.17. The number of carbonyl (C=O) groups excluding carboxylic acids is 2. The Morgan fingerprint density at radius 3 is 2.26 bits per heavy atom. The van der Waals surface area contributed by atoms with Crippen molar-refractivity contribution < 1.29 is 9.59 Å². The highest BCUT2D eigenvalue weighted by Crippen LogP contribution is 2.24. The number of pyridine rings is 1. The van der Waals surface area contributed by atoms with Gasteiger partial charge >= 0.3 is 0 Å². The standard InChI is InChI=1S/C21H18ClN3O2/c1-13-8-14(2)10-17(9-13)24-20(26)15-5-6-18(22)19(11-15)25-21(27)16-4-3-7-23-12-16/h3-12H,1-2H3,(H,24,26)(H,25,27). The summed E-state index contributed by atoms with van der Waals surface area (Å²) < 4.78 is 0. The normalized spacial score (nSPS) is 10.3. The lowest BCUT2D eigenvalue weighted by Crippen LogP contribution is -2.15. The van der Waals surface area contributed by atoms with E-state index in [2.05, 4.69) is 15.6 Å². The first-order chi connectivity index (χ1) is 12.9. The lowest BCUT2D eigenvalue weighted by atomic mass is 10.1. The molecule has 0 aliphatic rings. The summed E-state index contributed by atoms with van der Waals surface area (Å²) in [5.41, 5.74) is 3.99. The van der Waals surface area contributed by atoms with E-state index >= 15 is 0 Å². The maximum absolute atomic E-state index is 12.6. The molecule has 2 amide bonds. The predicted octanol–water partition coefficient (Wildman–Crippen LogP) is 4.86. The van der Waals surface area contributed by atoms with Gasteiger partial charge in [0.25, 0.3) is 11.8 Å². The number of aryl methyl sites for hydroxylation is 2. The molecule has 0 bridgehead atoms. The van der Waals surface area contributed by atoms with E-state index in [4.69, 9.17) is 11.6 Å². The SMILES string of the molecule is Cc1cc(C)cc(NC(=O)c2ccc(Cl)c(NC(=O)c3cccnc3)c2)c1. The van der Waals surface area contributed by atoms with Gasteiger partial charge in [-0.15, -0.1) is 0 Å². The largest absolute Gasteiger partial charge is 0.322 e. The third-order valence-corrected chi connectivity index (χ3v) is 4.21. The van der Waals surface area contributed by atoms with Crippen molar-refractivity contribution in [2.75, 3.05) is 10.6 Å². The molecular weight excluding hydrogens is 362 g/mol.